The number of anilines is 2. The van der Waals surface area contributed by atoms with Crippen LogP contribution in [0.2, 0.25) is 5.02 Å². The summed E-state index contributed by atoms with van der Waals surface area (Å²) in [4.78, 5) is 29.0. The van der Waals surface area contributed by atoms with Crippen LogP contribution in [0.4, 0.5) is 11.4 Å². The number of piperazine rings is 1. The average Bonchev–Trinajstić information content (AvgIpc) is 2.79. The minimum Gasteiger partial charge on any atom is -0.494 e. The zero-order chi connectivity index (χ0) is 23.1. The number of unbranched alkanes of at least 4 members (excludes halogenated alkanes) is 1. The Morgan fingerprint density at radius 1 is 1.09 bits per heavy atom. The van der Waals surface area contributed by atoms with Crippen molar-refractivity contribution in [1.29, 1.82) is 0 Å². The molecule has 32 heavy (non-hydrogen) atoms. The maximum Gasteiger partial charge on any atom is 0.255 e. The van der Waals surface area contributed by atoms with E-state index in [2.05, 4.69) is 17.1 Å². The number of hydrogen-bond donors (Lipinski definition) is 1. The summed E-state index contributed by atoms with van der Waals surface area (Å²) in [5.41, 5.74) is 2.08. The second-order valence-electron chi connectivity index (χ2n) is 8.32. The van der Waals surface area contributed by atoms with Gasteiger partial charge in [-0.05, 0) is 42.8 Å². The third-order valence-corrected chi connectivity index (χ3v) is 5.80. The zero-order valence-electron chi connectivity index (χ0n) is 19.1. The molecule has 2 aromatic rings. The van der Waals surface area contributed by atoms with Crippen molar-refractivity contribution in [2.75, 3.05) is 43.0 Å². The maximum absolute atomic E-state index is 12.7. The first-order valence-corrected chi connectivity index (χ1v) is 11.6. The van der Waals surface area contributed by atoms with Gasteiger partial charge in [-0.2, -0.15) is 0 Å². The van der Waals surface area contributed by atoms with Crippen LogP contribution >= 0.6 is 11.6 Å². The van der Waals surface area contributed by atoms with Crippen LogP contribution in [0.25, 0.3) is 0 Å². The van der Waals surface area contributed by atoms with E-state index in [0.717, 1.165) is 31.6 Å². The van der Waals surface area contributed by atoms with Crippen molar-refractivity contribution < 1.29 is 14.3 Å². The molecule has 7 heteroatoms. The smallest absolute Gasteiger partial charge is 0.255 e. The van der Waals surface area contributed by atoms with Gasteiger partial charge < -0.3 is 19.9 Å². The van der Waals surface area contributed by atoms with Crippen molar-refractivity contribution in [3.63, 3.8) is 0 Å². The SMILES string of the molecule is CCCCOc1cccc(C(=O)Nc2ccc(N3CCN(C(=O)C(C)C)CC3)c(Cl)c2)c1. The maximum atomic E-state index is 12.7. The number of benzene rings is 2. The molecule has 2 amide bonds. The first-order chi connectivity index (χ1) is 15.4. The molecule has 2 aromatic carbocycles. The van der Waals surface area contributed by atoms with E-state index < -0.39 is 0 Å². The zero-order valence-corrected chi connectivity index (χ0v) is 19.8. The van der Waals surface area contributed by atoms with Gasteiger partial charge in [-0.1, -0.05) is 44.9 Å². The molecule has 1 fully saturated rings. The van der Waals surface area contributed by atoms with Crippen LogP contribution in [0.15, 0.2) is 42.5 Å². The van der Waals surface area contributed by atoms with Gasteiger partial charge in [0.25, 0.3) is 5.91 Å². The summed E-state index contributed by atoms with van der Waals surface area (Å²) in [6.07, 6.45) is 2.03. The highest BCUT2D eigenvalue weighted by Crippen LogP contribution is 2.30. The van der Waals surface area contributed by atoms with E-state index in [1.807, 2.05) is 43.0 Å². The number of rotatable bonds is 8. The number of nitrogens with zero attached hydrogens (tertiary/aromatic N) is 2. The molecule has 6 nitrogen and oxygen atoms in total. The predicted molar refractivity (Wildman–Crippen MR) is 130 cm³/mol. The molecule has 0 aliphatic carbocycles. The third kappa shape index (κ3) is 6.16. The van der Waals surface area contributed by atoms with Gasteiger partial charge in [-0.15, -0.1) is 0 Å². The quantitative estimate of drug-likeness (QED) is 0.562. The Morgan fingerprint density at radius 3 is 2.50 bits per heavy atom. The highest BCUT2D eigenvalue weighted by Gasteiger charge is 2.24. The highest BCUT2D eigenvalue weighted by molar-refractivity contribution is 6.33. The number of carbonyl (C=O) groups excluding carboxylic acids is 2. The van der Waals surface area contributed by atoms with Crippen LogP contribution in [0.5, 0.6) is 5.75 Å². The Hall–Kier alpha value is -2.73. The molecule has 172 valence electrons. The fourth-order valence-corrected chi connectivity index (χ4v) is 3.94. The molecule has 0 bridgehead atoms. The normalized spacial score (nSPS) is 13.9. The molecule has 0 saturated carbocycles. The molecular formula is C25H32ClN3O3. The average molecular weight is 458 g/mol. The van der Waals surface area contributed by atoms with Crippen molar-refractivity contribution >= 4 is 34.8 Å². The van der Waals surface area contributed by atoms with Crippen molar-refractivity contribution in [2.24, 2.45) is 5.92 Å². The first kappa shape index (κ1) is 23.9. The molecule has 3 rings (SSSR count). The second-order valence-corrected chi connectivity index (χ2v) is 8.72. The van der Waals surface area contributed by atoms with Gasteiger partial charge in [0.05, 0.1) is 17.3 Å². The lowest BCUT2D eigenvalue weighted by Crippen LogP contribution is -2.50. The molecule has 1 saturated heterocycles. The van der Waals surface area contributed by atoms with Gasteiger partial charge in [0.15, 0.2) is 0 Å². The van der Waals surface area contributed by atoms with Crippen molar-refractivity contribution in [1.82, 2.24) is 4.90 Å². The summed E-state index contributed by atoms with van der Waals surface area (Å²) < 4.78 is 5.69. The standard InChI is InChI=1S/C25H32ClN3O3/c1-4-5-15-32-21-8-6-7-19(16-21)24(30)27-20-9-10-23(22(26)17-20)28-11-13-29(14-12-28)25(31)18(2)3/h6-10,16-18H,4-5,11-15H2,1-3H3,(H,27,30). The summed E-state index contributed by atoms with van der Waals surface area (Å²) in [6.45, 7) is 9.42. The fourth-order valence-electron chi connectivity index (χ4n) is 3.64. The van der Waals surface area contributed by atoms with Crippen LogP contribution in [0.1, 0.15) is 44.0 Å². The first-order valence-electron chi connectivity index (χ1n) is 11.3. The van der Waals surface area contributed by atoms with E-state index in [1.165, 1.54) is 0 Å². The van der Waals surface area contributed by atoms with E-state index in [4.69, 9.17) is 16.3 Å². The number of carbonyl (C=O) groups is 2. The summed E-state index contributed by atoms with van der Waals surface area (Å²) in [5.74, 6) is 0.676. The second kappa shape index (κ2) is 11.2. The summed E-state index contributed by atoms with van der Waals surface area (Å²) in [5, 5.41) is 3.48. The van der Waals surface area contributed by atoms with Gasteiger partial charge >= 0.3 is 0 Å². The van der Waals surface area contributed by atoms with Crippen LogP contribution in [0, 0.1) is 5.92 Å². The van der Waals surface area contributed by atoms with Gasteiger partial charge in [0.1, 0.15) is 5.75 Å². The number of amides is 2. The Labute approximate surface area is 195 Å². The van der Waals surface area contributed by atoms with Crippen LogP contribution < -0.4 is 15.0 Å². The van der Waals surface area contributed by atoms with Gasteiger partial charge in [-0.3, -0.25) is 9.59 Å². The number of hydrogen-bond acceptors (Lipinski definition) is 4. The number of halogens is 1. The molecule has 0 aromatic heterocycles. The molecule has 1 aliphatic rings. The van der Waals surface area contributed by atoms with Gasteiger partial charge in [0.2, 0.25) is 5.91 Å². The minimum absolute atomic E-state index is 0.0108. The summed E-state index contributed by atoms with van der Waals surface area (Å²) >= 11 is 6.54. The van der Waals surface area contributed by atoms with Crippen LogP contribution in [-0.2, 0) is 4.79 Å². The number of nitrogens with one attached hydrogen (secondary N) is 1. The van der Waals surface area contributed by atoms with E-state index in [-0.39, 0.29) is 17.7 Å². The lowest BCUT2D eigenvalue weighted by molar-refractivity contribution is -0.134. The van der Waals surface area contributed by atoms with Gasteiger partial charge in [-0.25, -0.2) is 0 Å². The topological polar surface area (TPSA) is 61.9 Å². The van der Waals surface area contributed by atoms with E-state index >= 15 is 0 Å². The summed E-state index contributed by atoms with van der Waals surface area (Å²) in [6, 6.07) is 12.7. The van der Waals surface area contributed by atoms with Crippen molar-refractivity contribution in [2.45, 2.75) is 33.6 Å². The van der Waals surface area contributed by atoms with Gasteiger partial charge in [0, 0.05) is 43.3 Å². The largest absolute Gasteiger partial charge is 0.494 e. The van der Waals surface area contributed by atoms with Crippen LogP contribution in [0.3, 0.4) is 0 Å². The van der Waals surface area contributed by atoms with E-state index in [1.54, 1.807) is 18.2 Å². The molecule has 1 heterocycles. The highest BCUT2D eigenvalue weighted by atomic mass is 35.5. The lowest BCUT2D eigenvalue weighted by atomic mass is 10.1. The Bertz CT molecular complexity index is 940. The fraction of sp³-hybridized carbons (Fsp3) is 0.440. The molecule has 0 radical (unpaired) electrons. The van der Waals surface area contributed by atoms with E-state index in [0.29, 0.717) is 41.7 Å². The Balaban J connectivity index is 1.60. The van der Waals surface area contributed by atoms with Crippen molar-refractivity contribution in [3.05, 3.63) is 53.1 Å². The Kier molecular flexibility index (Phi) is 8.39. The molecule has 0 atom stereocenters. The monoisotopic (exact) mass is 457 g/mol. The molecular weight excluding hydrogens is 426 g/mol. The predicted octanol–water partition coefficient (Wildman–Crippen LogP) is 5.08. The molecule has 0 spiro atoms. The third-order valence-electron chi connectivity index (χ3n) is 5.49. The number of ether oxygens (including phenoxy) is 1. The minimum atomic E-state index is -0.212. The Morgan fingerprint density at radius 2 is 1.84 bits per heavy atom. The van der Waals surface area contributed by atoms with Crippen molar-refractivity contribution in [3.8, 4) is 5.75 Å². The summed E-state index contributed by atoms with van der Waals surface area (Å²) in [7, 11) is 0. The molecule has 1 N–H and O–H groups in total. The molecule has 0 unspecified atom stereocenters. The lowest BCUT2D eigenvalue weighted by Gasteiger charge is -2.37. The van der Waals surface area contributed by atoms with Crippen LogP contribution in [-0.4, -0.2) is 49.5 Å². The molecule has 1 aliphatic heterocycles. The van der Waals surface area contributed by atoms with E-state index in [9.17, 15) is 9.59 Å².